The number of benzene rings is 2. The van der Waals surface area contributed by atoms with E-state index in [-0.39, 0.29) is 5.97 Å². The van der Waals surface area contributed by atoms with E-state index >= 15 is 0 Å². The second-order valence-electron chi connectivity index (χ2n) is 6.37. The van der Waals surface area contributed by atoms with Crippen LogP contribution in [0.4, 0.5) is 11.6 Å². The summed E-state index contributed by atoms with van der Waals surface area (Å²) in [6.07, 6.45) is 3.66. The van der Waals surface area contributed by atoms with Gasteiger partial charge in [0.05, 0.1) is 29.7 Å². The highest BCUT2D eigenvalue weighted by molar-refractivity contribution is 5.89. The molecule has 0 unspecified atom stereocenters. The zero-order valence-corrected chi connectivity index (χ0v) is 16.0. The Morgan fingerprint density at radius 2 is 1.79 bits per heavy atom. The molecular weight excluding hydrogens is 366 g/mol. The van der Waals surface area contributed by atoms with Crippen LogP contribution in [0.15, 0.2) is 73.1 Å². The van der Waals surface area contributed by atoms with Gasteiger partial charge < -0.3 is 10.1 Å². The number of methoxy groups -OCH3 is 1. The van der Waals surface area contributed by atoms with Crippen molar-refractivity contribution >= 4 is 17.6 Å². The number of rotatable bonds is 5. The molecule has 0 atom stereocenters. The molecule has 4 aromatic rings. The zero-order chi connectivity index (χ0) is 20.2. The van der Waals surface area contributed by atoms with Crippen LogP contribution in [-0.4, -0.2) is 32.8 Å². The van der Waals surface area contributed by atoms with Gasteiger partial charge in [-0.15, -0.1) is 0 Å². The lowest BCUT2D eigenvalue weighted by Crippen LogP contribution is -2.02. The monoisotopic (exact) mass is 385 g/mol. The predicted octanol–water partition coefficient (Wildman–Crippen LogP) is 4.17. The average Bonchev–Trinajstić information content (AvgIpc) is 3.16. The fourth-order valence-corrected chi connectivity index (χ4v) is 2.93. The Hall–Kier alpha value is -4.00. The fourth-order valence-electron chi connectivity index (χ4n) is 2.93. The molecule has 2 aromatic heterocycles. The molecule has 2 aromatic carbocycles. The minimum atomic E-state index is -0.374. The molecule has 0 aliphatic carbocycles. The van der Waals surface area contributed by atoms with Crippen molar-refractivity contribution in [3.8, 4) is 16.9 Å². The second-order valence-corrected chi connectivity index (χ2v) is 6.37. The maximum Gasteiger partial charge on any atom is 0.337 e. The van der Waals surface area contributed by atoms with Gasteiger partial charge in [-0.2, -0.15) is 5.10 Å². The number of carbonyl (C=O) groups is 1. The molecule has 0 fully saturated rings. The van der Waals surface area contributed by atoms with Crippen LogP contribution in [0.1, 0.15) is 16.1 Å². The van der Waals surface area contributed by atoms with E-state index in [1.165, 1.54) is 7.11 Å². The molecule has 29 heavy (non-hydrogen) atoms. The summed E-state index contributed by atoms with van der Waals surface area (Å²) >= 11 is 0. The van der Waals surface area contributed by atoms with Gasteiger partial charge in [-0.25, -0.2) is 19.4 Å². The van der Waals surface area contributed by atoms with Crippen LogP contribution in [0.2, 0.25) is 0 Å². The summed E-state index contributed by atoms with van der Waals surface area (Å²) in [6, 6.07) is 18.7. The Morgan fingerprint density at radius 3 is 2.52 bits per heavy atom. The van der Waals surface area contributed by atoms with Crippen molar-refractivity contribution in [2.45, 2.75) is 6.92 Å². The van der Waals surface area contributed by atoms with Crippen molar-refractivity contribution in [3.05, 3.63) is 84.3 Å². The molecule has 0 aliphatic heterocycles. The first-order chi connectivity index (χ1) is 14.1. The van der Waals surface area contributed by atoms with Gasteiger partial charge >= 0.3 is 5.97 Å². The average molecular weight is 385 g/mol. The standard InChI is InChI=1S/C22H19N5O2/c1-15-19(14-27(26-15)18-6-4-3-5-7-18)20-12-13-23-22(25-20)24-17-10-8-16(9-11-17)21(28)29-2/h3-14H,1-2H3,(H,23,24,25). The summed E-state index contributed by atoms with van der Waals surface area (Å²) < 4.78 is 6.55. The molecule has 0 aliphatic rings. The van der Waals surface area contributed by atoms with Crippen molar-refractivity contribution in [1.29, 1.82) is 0 Å². The number of anilines is 2. The summed E-state index contributed by atoms with van der Waals surface area (Å²) in [5.41, 5.74) is 4.82. The largest absolute Gasteiger partial charge is 0.465 e. The maximum absolute atomic E-state index is 11.5. The van der Waals surface area contributed by atoms with E-state index in [4.69, 9.17) is 4.74 Å². The number of carbonyl (C=O) groups excluding carboxylic acids is 1. The van der Waals surface area contributed by atoms with Crippen LogP contribution < -0.4 is 5.32 Å². The first-order valence-corrected chi connectivity index (χ1v) is 9.04. The van der Waals surface area contributed by atoms with Gasteiger partial charge in [0.15, 0.2) is 0 Å². The molecule has 7 nitrogen and oxygen atoms in total. The zero-order valence-electron chi connectivity index (χ0n) is 16.0. The molecular formula is C22H19N5O2. The van der Waals surface area contributed by atoms with Gasteiger partial charge in [-0.1, -0.05) is 18.2 Å². The SMILES string of the molecule is COC(=O)c1ccc(Nc2nccc(-c3cn(-c4ccccc4)nc3C)n2)cc1. The number of aromatic nitrogens is 4. The van der Waals surface area contributed by atoms with Crippen LogP contribution in [0.3, 0.4) is 0 Å². The summed E-state index contributed by atoms with van der Waals surface area (Å²) in [4.78, 5) is 20.4. The highest BCUT2D eigenvalue weighted by Crippen LogP contribution is 2.24. The molecule has 4 rings (SSSR count). The fraction of sp³-hybridized carbons (Fsp3) is 0.0909. The summed E-state index contributed by atoms with van der Waals surface area (Å²) in [7, 11) is 1.36. The molecule has 0 bridgehead atoms. The normalized spacial score (nSPS) is 10.6. The lowest BCUT2D eigenvalue weighted by atomic mass is 10.2. The number of aryl methyl sites for hydroxylation is 1. The highest BCUT2D eigenvalue weighted by atomic mass is 16.5. The molecule has 1 N–H and O–H groups in total. The summed E-state index contributed by atoms with van der Waals surface area (Å²) in [5.74, 6) is 0.0841. The Labute approximate surface area is 168 Å². The van der Waals surface area contributed by atoms with Crippen LogP contribution >= 0.6 is 0 Å². The number of esters is 1. The third-order valence-electron chi connectivity index (χ3n) is 4.41. The first kappa shape index (κ1) is 18.4. The van der Waals surface area contributed by atoms with Crippen molar-refractivity contribution in [2.75, 3.05) is 12.4 Å². The third kappa shape index (κ3) is 3.98. The Bertz CT molecular complexity index is 1140. The van der Waals surface area contributed by atoms with Gasteiger partial charge in [0.2, 0.25) is 5.95 Å². The summed E-state index contributed by atoms with van der Waals surface area (Å²) in [5, 5.41) is 7.75. The molecule has 0 saturated heterocycles. The Balaban J connectivity index is 1.58. The number of hydrogen-bond acceptors (Lipinski definition) is 6. The first-order valence-electron chi connectivity index (χ1n) is 9.04. The van der Waals surface area contributed by atoms with E-state index in [2.05, 4.69) is 20.4 Å². The van der Waals surface area contributed by atoms with E-state index in [0.29, 0.717) is 11.5 Å². The van der Waals surface area contributed by atoms with E-state index in [0.717, 1.165) is 28.3 Å². The highest BCUT2D eigenvalue weighted by Gasteiger charge is 2.11. The lowest BCUT2D eigenvalue weighted by molar-refractivity contribution is 0.0601. The van der Waals surface area contributed by atoms with Crippen LogP contribution in [0.5, 0.6) is 0 Å². The van der Waals surface area contributed by atoms with Gasteiger partial charge in [0, 0.05) is 23.6 Å². The van der Waals surface area contributed by atoms with E-state index in [1.54, 1.807) is 30.5 Å². The number of nitrogens with one attached hydrogen (secondary N) is 1. The topological polar surface area (TPSA) is 81.9 Å². The molecule has 0 amide bonds. The number of para-hydroxylation sites is 1. The Morgan fingerprint density at radius 1 is 1.03 bits per heavy atom. The maximum atomic E-state index is 11.5. The minimum Gasteiger partial charge on any atom is -0.465 e. The number of hydrogen-bond donors (Lipinski definition) is 1. The minimum absolute atomic E-state index is 0.374. The smallest absolute Gasteiger partial charge is 0.337 e. The molecule has 2 heterocycles. The van der Waals surface area contributed by atoms with Gasteiger partial charge in [-0.05, 0) is 49.4 Å². The lowest BCUT2D eigenvalue weighted by Gasteiger charge is -2.07. The third-order valence-corrected chi connectivity index (χ3v) is 4.41. The molecule has 0 spiro atoms. The van der Waals surface area contributed by atoms with Crippen molar-refractivity contribution in [3.63, 3.8) is 0 Å². The van der Waals surface area contributed by atoms with E-state index in [9.17, 15) is 4.79 Å². The van der Waals surface area contributed by atoms with E-state index in [1.807, 2.05) is 54.2 Å². The van der Waals surface area contributed by atoms with Crippen molar-refractivity contribution in [2.24, 2.45) is 0 Å². The van der Waals surface area contributed by atoms with Crippen LogP contribution in [-0.2, 0) is 4.74 Å². The van der Waals surface area contributed by atoms with E-state index < -0.39 is 0 Å². The molecule has 0 saturated carbocycles. The summed E-state index contributed by atoms with van der Waals surface area (Å²) in [6.45, 7) is 1.95. The Kier molecular flexibility index (Phi) is 5.03. The molecule has 144 valence electrons. The van der Waals surface area contributed by atoms with Gasteiger partial charge in [-0.3, -0.25) is 0 Å². The number of nitrogens with zero attached hydrogens (tertiary/aromatic N) is 4. The van der Waals surface area contributed by atoms with Crippen molar-refractivity contribution in [1.82, 2.24) is 19.7 Å². The predicted molar refractivity (Wildman–Crippen MR) is 110 cm³/mol. The van der Waals surface area contributed by atoms with Crippen LogP contribution in [0, 0.1) is 6.92 Å². The quantitative estimate of drug-likeness (QED) is 0.519. The second kappa shape index (κ2) is 7.93. The van der Waals surface area contributed by atoms with Crippen LogP contribution in [0.25, 0.3) is 16.9 Å². The number of ether oxygens (including phenoxy) is 1. The van der Waals surface area contributed by atoms with Gasteiger partial charge in [0.1, 0.15) is 0 Å². The van der Waals surface area contributed by atoms with Gasteiger partial charge in [0.25, 0.3) is 0 Å². The molecule has 7 heteroatoms. The van der Waals surface area contributed by atoms with Crippen molar-refractivity contribution < 1.29 is 9.53 Å². The molecule has 0 radical (unpaired) electrons.